The summed E-state index contributed by atoms with van der Waals surface area (Å²) >= 11 is 0. The number of hydrogen-bond acceptors (Lipinski definition) is 6. The molecule has 0 aliphatic carbocycles. The van der Waals surface area contributed by atoms with Gasteiger partial charge in [-0.3, -0.25) is 10.1 Å². The van der Waals surface area contributed by atoms with Crippen molar-refractivity contribution in [3.63, 3.8) is 0 Å². The number of sulfonamides is 1. The molecule has 2 aliphatic heterocycles. The van der Waals surface area contributed by atoms with Gasteiger partial charge in [0.25, 0.3) is 5.69 Å². The highest BCUT2D eigenvalue weighted by molar-refractivity contribution is 7.89. The molecule has 0 radical (unpaired) electrons. The van der Waals surface area contributed by atoms with Crippen LogP contribution < -0.4 is 4.90 Å². The summed E-state index contributed by atoms with van der Waals surface area (Å²) in [6, 6.07) is 4.23. The molecular formula is C15H21N3O5S. The number of ether oxygens (including phenoxy) is 1. The summed E-state index contributed by atoms with van der Waals surface area (Å²) in [5.74, 6) is 0. The highest BCUT2D eigenvalue weighted by atomic mass is 32.2. The molecule has 2 fully saturated rings. The second-order valence-electron chi connectivity index (χ2n) is 5.97. The first kappa shape index (κ1) is 17.1. The first-order chi connectivity index (χ1) is 11.5. The van der Waals surface area contributed by atoms with Crippen molar-refractivity contribution in [3.05, 3.63) is 28.3 Å². The molecule has 0 amide bonds. The fraction of sp³-hybridized carbons (Fsp3) is 0.600. The third-order valence-corrected chi connectivity index (χ3v) is 6.34. The zero-order valence-electron chi connectivity index (χ0n) is 13.4. The Morgan fingerprint density at radius 3 is 2.33 bits per heavy atom. The summed E-state index contributed by atoms with van der Waals surface area (Å²) in [7, 11) is -3.74. The molecule has 2 saturated heterocycles. The Morgan fingerprint density at radius 2 is 1.71 bits per heavy atom. The Kier molecular flexibility index (Phi) is 5.02. The lowest BCUT2D eigenvalue weighted by Gasteiger charge is -2.29. The fourth-order valence-corrected chi connectivity index (χ4v) is 4.58. The molecule has 9 heteroatoms. The lowest BCUT2D eigenvalue weighted by Crippen LogP contribution is -2.40. The van der Waals surface area contributed by atoms with Gasteiger partial charge in [-0.25, -0.2) is 8.42 Å². The monoisotopic (exact) mass is 355 g/mol. The third kappa shape index (κ3) is 3.38. The van der Waals surface area contributed by atoms with Gasteiger partial charge in [0.2, 0.25) is 10.0 Å². The fourth-order valence-electron chi connectivity index (χ4n) is 3.15. The van der Waals surface area contributed by atoms with Crippen LogP contribution in [-0.2, 0) is 14.8 Å². The summed E-state index contributed by atoms with van der Waals surface area (Å²) in [5.41, 5.74) is 0.354. The average Bonchev–Trinajstić information content (AvgIpc) is 2.62. The van der Waals surface area contributed by atoms with Crippen LogP contribution in [0.15, 0.2) is 23.1 Å². The molecule has 132 valence electrons. The Hall–Kier alpha value is -1.71. The maximum absolute atomic E-state index is 12.7. The van der Waals surface area contributed by atoms with Crippen LogP contribution in [-0.4, -0.2) is 57.0 Å². The zero-order chi connectivity index (χ0) is 17.2. The van der Waals surface area contributed by atoms with Crippen molar-refractivity contribution in [2.75, 3.05) is 44.3 Å². The van der Waals surface area contributed by atoms with Crippen LogP contribution in [0.2, 0.25) is 0 Å². The Morgan fingerprint density at radius 1 is 1.04 bits per heavy atom. The molecule has 2 aliphatic rings. The molecule has 0 unspecified atom stereocenters. The van der Waals surface area contributed by atoms with Gasteiger partial charge in [-0.1, -0.05) is 0 Å². The lowest BCUT2D eigenvalue weighted by molar-refractivity contribution is -0.384. The minimum atomic E-state index is -3.74. The molecule has 24 heavy (non-hydrogen) atoms. The number of rotatable bonds is 4. The van der Waals surface area contributed by atoms with Gasteiger partial charge in [-0.15, -0.1) is 0 Å². The van der Waals surface area contributed by atoms with E-state index in [4.69, 9.17) is 4.74 Å². The van der Waals surface area contributed by atoms with Gasteiger partial charge in [0.15, 0.2) is 0 Å². The second-order valence-corrected chi connectivity index (χ2v) is 7.91. The second kappa shape index (κ2) is 7.04. The van der Waals surface area contributed by atoms with Crippen LogP contribution in [0.25, 0.3) is 0 Å². The van der Waals surface area contributed by atoms with Gasteiger partial charge < -0.3 is 9.64 Å². The summed E-state index contributed by atoms with van der Waals surface area (Å²) in [6.45, 7) is 2.74. The van der Waals surface area contributed by atoms with E-state index in [1.165, 1.54) is 16.4 Å². The molecule has 0 bridgehead atoms. The van der Waals surface area contributed by atoms with Crippen molar-refractivity contribution in [1.29, 1.82) is 0 Å². The van der Waals surface area contributed by atoms with Gasteiger partial charge in [0.05, 0.1) is 23.0 Å². The van der Waals surface area contributed by atoms with Gasteiger partial charge in [-0.2, -0.15) is 4.31 Å². The normalized spacial score (nSPS) is 20.1. The van der Waals surface area contributed by atoms with Gasteiger partial charge in [-0.05, 0) is 31.4 Å². The van der Waals surface area contributed by atoms with Crippen molar-refractivity contribution >= 4 is 21.4 Å². The number of nitrogens with zero attached hydrogens (tertiary/aromatic N) is 3. The predicted octanol–water partition coefficient (Wildman–Crippen LogP) is 1.61. The van der Waals surface area contributed by atoms with E-state index in [1.807, 2.05) is 4.90 Å². The number of morpholine rings is 1. The van der Waals surface area contributed by atoms with Crippen molar-refractivity contribution in [2.45, 2.75) is 24.2 Å². The Bertz CT molecular complexity index is 710. The minimum Gasteiger partial charge on any atom is -0.379 e. The molecule has 0 N–H and O–H groups in total. The van der Waals surface area contributed by atoms with Crippen molar-refractivity contribution in [3.8, 4) is 0 Å². The summed E-state index contributed by atoms with van der Waals surface area (Å²) in [5, 5.41) is 11.5. The lowest BCUT2D eigenvalue weighted by atomic mass is 10.1. The van der Waals surface area contributed by atoms with Crippen molar-refractivity contribution in [1.82, 2.24) is 4.31 Å². The van der Waals surface area contributed by atoms with E-state index in [0.29, 0.717) is 18.9 Å². The Labute approximate surface area is 141 Å². The zero-order valence-corrected chi connectivity index (χ0v) is 14.2. The molecule has 0 aromatic heterocycles. The number of benzene rings is 1. The number of nitro benzene ring substituents is 1. The van der Waals surface area contributed by atoms with E-state index in [2.05, 4.69) is 0 Å². The molecule has 3 rings (SSSR count). The molecule has 2 heterocycles. The molecular weight excluding hydrogens is 334 g/mol. The molecule has 8 nitrogen and oxygen atoms in total. The van der Waals surface area contributed by atoms with E-state index in [0.717, 1.165) is 32.4 Å². The Balaban J connectivity index is 1.95. The van der Waals surface area contributed by atoms with Crippen LogP contribution in [0.3, 0.4) is 0 Å². The smallest absolute Gasteiger partial charge is 0.293 e. The predicted molar refractivity (Wildman–Crippen MR) is 88.7 cm³/mol. The standard InChI is InChI=1S/C15H21N3O5S/c19-18(20)15-12-13(24(21,22)17-8-10-23-11-9-17)4-5-14(15)16-6-2-1-3-7-16/h4-5,12H,1-3,6-11H2. The molecule has 1 aromatic rings. The summed E-state index contributed by atoms with van der Waals surface area (Å²) in [4.78, 5) is 12.9. The van der Waals surface area contributed by atoms with E-state index in [1.54, 1.807) is 6.07 Å². The SMILES string of the molecule is O=[N+]([O-])c1cc(S(=O)(=O)N2CCOCC2)ccc1N1CCCCC1. The minimum absolute atomic E-state index is 0.0307. The van der Waals surface area contributed by atoms with Crippen molar-refractivity contribution in [2.24, 2.45) is 0 Å². The largest absolute Gasteiger partial charge is 0.379 e. The van der Waals surface area contributed by atoms with Gasteiger partial charge in [0.1, 0.15) is 5.69 Å². The topological polar surface area (TPSA) is 93.0 Å². The maximum atomic E-state index is 12.7. The number of nitro groups is 1. The maximum Gasteiger partial charge on any atom is 0.293 e. The first-order valence-electron chi connectivity index (χ1n) is 8.11. The number of hydrogen-bond donors (Lipinski definition) is 0. The van der Waals surface area contributed by atoms with Crippen LogP contribution in [0.1, 0.15) is 19.3 Å². The highest BCUT2D eigenvalue weighted by Gasteiger charge is 2.30. The van der Waals surface area contributed by atoms with E-state index < -0.39 is 14.9 Å². The van der Waals surface area contributed by atoms with E-state index in [-0.39, 0.29) is 23.7 Å². The van der Waals surface area contributed by atoms with Crippen molar-refractivity contribution < 1.29 is 18.1 Å². The summed E-state index contributed by atoms with van der Waals surface area (Å²) < 4.78 is 31.9. The molecule has 0 atom stereocenters. The average molecular weight is 355 g/mol. The van der Waals surface area contributed by atoms with E-state index >= 15 is 0 Å². The molecule has 0 saturated carbocycles. The number of anilines is 1. The van der Waals surface area contributed by atoms with Crippen LogP contribution in [0, 0.1) is 10.1 Å². The first-order valence-corrected chi connectivity index (χ1v) is 9.55. The van der Waals surface area contributed by atoms with Crippen LogP contribution in [0.4, 0.5) is 11.4 Å². The highest BCUT2D eigenvalue weighted by Crippen LogP contribution is 2.33. The van der Waals surface area contributed by atoms with Crippen LogP contribution in [0.5, 0.6) is 0 Å². The van der Waals surface area contributed by atoms with E-state index in [9.17, 15) is 18.5 Å². The third-order valence-electron chi connectivity index (χ3n) is 4.45. The summed E-state index contributed by atoms with van der Waals surface area (Å²) in [6.07, 6.45) is 3.10. The van der Waals surface area contributed by atoms with Gasteiger partial charge in [0, 0.05) is 32.2 Å². The number of piperidine rings is 1. The van der Waals surface area contributed by atoms with Crippen LogP contribution >= 0.6 is 0 Å². The molecule has 0 spiro atoms. The molecule has 1 aromatic carbocycles. The van der Waals surface area contributed by atoms with Gasteiger partial charge >= 0.3 is 0 Å². The quantitative estimate of drug-likeness (QED) is 0.602.